The zero-order valence-electron chi connectivity index (χ0n) is 12.1. The maximum atomic E-state index is 9.39. The summed E-state index contributed by atoms with van der Waals surface area (Å²) in [6.07, 6.45) is 1.72. The van der Waals surface area contributed by atoms with Crippen LogP contribution in [-0.2, 0) is 0 Å². The minimum absolute atomic E-state index is 0.447. The lowest BCUT2D eigenvalue weighted by molar-refractivity contribution is 0.394. The third-order valence-electron chi connectivity index (χ3n) is 3.08. The molecule has 2 aromatic carbocycles. The fourth-order valence-electron chi connectivity index (χ4n) is 1.96. The lowest BCUT2D eigenvalue weighted by atomic mass is 10.0. The van der Waals surface area contributed by atoms with Crippen LogP contribution in [0.5, 0.6) is 11.5 Å². The van der Waals surface area contributed by atoms with E-state index in [1.807, 2.05) is 0 Å². The Bertz CT molecular complexity index is 746. The Morgan fingerprint density at radius 3 is 2.23 bits per heavy atom. The van der Waals surface area contributed by atoms with Gasteiger partial charge >= 0.3 is 0 Å². The molecule has 2 aromatic rings. The Morgan fingerprint density at radius 2 is 1.68 bits per heavy atom. The second-order valence-corrected chi connectivity index (χ2v) is 5.25. The summed E-state index contributed by atoms with van der Waals surface area (Å²) in [6.45, 7) is 0. The van der Waals surface area contributed by atoms with E-state index in [2.05, 4.69) is 6.07 Å². The van der Waals surface area contributed by atoms with E-state index in [1.54, 1.807) is 49.6 Å². The van der Waals surface area contributed by atoms with Gasteiger partial charge in [-0.2, -0.15) is 5.26 Å². The van der Waals surface area contributed by atoms with Crippen LogP contribution < -0.4 is 9.47 Å². The van der Waals surface area contributed by atoms with Crippen molar-refractivity contribution < 1.29 is 9.47 Å². The molecule has 0 saturated carbocycles. The van der Waals surface area contributed by atoms with Gasteiger partial charge in [-0.25, -0.2) is 0 Å². The first-order valence-corrected chi connectivity index (χ1v) is 7.14. The Labute approximate surface area is 139 Å². The maximum Gasteiger partial charge on any atom is 0.141 e. The summed E-state index contributed by atoms with van der Waals surface area (Å²) >= 11 is 12.0. The predicted molar refractivity (Wildman–Crippen MR) is 89.5 cm³/mol. The van der Waals surface area contributed by atoms with Gasteiger partial charge in [0.1, 0.15) is 11.5 Å². The number of hydrogen-bond donors (Lipinski definition) is 0. The Morgan fingerprint density at radius 1 is 1.05 bits per heavy atom. The SMILES string of the molecule is COc1cc(OC)c(C=C(C#N)c2ccc(Cl)cc2)cc1Cl. The molecule has 0 aliphatic carbocycles. The quantitative estimate of drug-likeness (QED) is 0.579. The number of rotatable bonds is 4. The van der Waals surface area contributed by atoms with Gasteiger partial charge in [0.25, 0.3) is 0 Å². The van der Waals surface area contributed by atoms with Crippen molar-refractivity contribution in [2.75, 3.05) is 14.2 Å². The average Bonchev–Trinajstić information content (AvgIpc) is 2.53. The highest BCUT2D eigenvalue weighted by Crippen LogP contribution is 2.34. The highest BCUT2D eigenvalue weighted by Gasteiger charge is 2.10. The highest BCUT2D eigenvalue weighted by molar-refractivity contribution is 6.32. The molecule has 3 nitrogen and oxygen atoms in total. The fourth-order valence-corrected chi connectivity index (χ4v) is 2.34. The molecule has 0 atom stereocenters. The molecule has 0 spiro atoms. The van der Waals surface area contributed by atoms with Crippen molar-refractivity contribution in [3.05, 3.63) is 57.6 Å². The summed E-state index contributed by atoms with van der Waals surface area (Å²) in [4.78, 5) is 0. The molecule has 0 heterocycles. The predicted octanol–water partition coefficient (Wildman–Crippen LogP) is 5.07. The minimum atomic E-state index is 0.447. The third kappa shape index (κ3) is 3.54. The van der Waals surface area contributed by atoms with Crippen molar-refractivity contribution in [2.24, 2.45) is 0 Å². The van der Waals surface area contributed by atoms with Crippen LogP contribution in [0.15, 0.2) is 36.4 Å². The number of benzene rings is 2. The molecule has 0 saturated heterocycles. The van der Waals surface area contributed by atoms with Crippen LogP contribution in [0.4, 0.5) is 0 Å². The molecule has 0 bridgehead atoms. The van der Waals surface area contributed by atoms with E-state index in [9.17, 15) is 5.26 Å². The average molecular weight is 334 g/mol. The Balaban J connectivity index is 2.52. The standard InChI is InChI=1S/C17H13Cl2NO2/c1-21-16-9-17(22-2)15(19)8-12(16)7-13(10-20)11-3-5-14(18)6-4-11/h3-9H,1-2H3. The fraction of sp³-hybridized carbons (Fsp3) is 0.118. The first-order valence-electron chi connectivity index (χ1n) is 6.38. The first-order chi connectivity index (χ1) is 10.6. The van der Waals surface area contributed by atoms with Gasteiger partial charge in [0, 0.05) is 16.7 Å². The molecule has 22 heavy (non-hydrogen) atoms. The second kappa shape index (κ2) is 7.22. The summed E-state index contributed by atoms with van der Waals surface area (Å²) < 4.78 is 10.5. The van der Waals surface area contributed by atoms with Crippen molar-refractivity contribution in [3.63, 3.8) is 0 Å². The zero-order chi connectivity index (χ0) is 16.1. The first kappa shape index (κ1) is 16.2. The van der Waals surface area contributed by atoms with Crippen LogP contribution in [0.3, 0.4) is 0 Å². The monoisotopic (exact) mass is 333 g/mol. The summed E-state index contributed by atoms with van der Waals surface area (Å²) in [5.74, 6) is 1.09. The van der Waals surface area contributed by atoms with Gasteiger partial charge in [0.15, 0.2) is 0 Å². The highest BCUT2D eigenvalue weighted by atomic mass is 35.5. The lowest BCUT2D eigenvalue weighted by Crippen LogP contribution is -1.92. The molecule has 2 rings (SSSR count). The zero-order valence-corrected chi connectivity index (χ0v) is 13.6. The lowest BCUT2D eigenvalue weighted by Gasteiger charge is -2.10. The van der Waals surface area contributed by atoms with Gasteiger partial charge < -0.3 is 9.47 Å². The third-order valence-corrected chi connectivity index (χ3v) is 3.63. The molecule has 0 radical (unpaired) electrons. The molecule has 0 N–H and O–H groups in total. The van der Waals surface area contributed by atoms with Crippen LogP contribution >= 0.6 is 23.2 Å². The molecule has 0 aliphatic rings. The molecule has 0 aromatic heterocycles. The molecule has 0 fully saturated rings. The smallest absolute Gasteiger partial charge is 0.141 e. The molecular weight excluding hydrogens is 321 g/mol. The Kier molecular flexibility index (Phi) is 5.32. The van der Waals surface area contributed by atoms with Crippen LogP contribution in [0.2, 0.25) is 10.0 Å². The minimum Gasteiger partial charge on any atom is -0.496 e. The van der Waals surface area contributed by atoms with E-state index in [1.165, 1.54) is 7.11 Å². The summed E-state index contributed by atoms with van der Waals surface area (Å²) in [7, 11) is 3.08. The van der Waals surface area contributed by atoms with Gasteiger partial charge in [-0.05, 0) is 29.8 Å². The van der Waals surface area contributed by atoms with E-state index in [0.717, 1.165) is 5.56 Å². The maximum absolute atomic E-state index is 9.39. The topological polar surface area (TPSA) is 42.2 Å². The normalized spacial score (nSPS) is 11.0. The van der Waals surface area contributed by atoms with Crippen molar-refractivity contribution >= 4 is 34.9 Å². The van der Waals surface area contributed by atoms with Gasteiger partial charge in [0.05, 0.1) is 30.9 Å². The van der Waals surface area contributed by atoms with Crippen molar-refractivity contribution in [3.8, 4) is 17.6 Å². The van der Waals surface area contributed by atoms with Crippen molar-refractivity contribution in [2.45, 2.75) is 0 Å². The summed E-state index contributed by atoms with van der Waals surface area (Å²) in [5, 5.41) is 10.5. The number of hydrogen-bond acceptors (Lipinski definition) is 3. The van der Waals surface area contributed by atoms with Crippen LogP contribution in [0.1, 0.15) is 11.1 Å². The van der Waals surface area contributed by atoms with Gasteiger partial charge in [-0.3, -0.25) is 0 Å². The van der Waals surface area contributed by atoms with E-state index >= 15 is 0 Å². The van der Waals surface area contributed by atoms with Crippen molar-refractivity contribution in [1.29, 1.82) is 5.26 Å². The number of nitriles is 1. The number of methoxy groups -OCH3 is 2. The van der Waals surface area contributed by atoms with Crippen molar-refractivity contribution in [1.82, 2.24) is 0 Å². The summed E-state index contributed by atoms with van der Waals surface area (Å²) in [5.41, 5.74) is 1.94. The molecule has 112 valence electrons. The van der Waals surface area contributed by atoms with Gasteiger partial charge in [-0.15, -0.1) is 0 Å². The number of allylic oxidation sites excluding steroid dienone is 1. The summed E-state index contributed by atoms with van der Waals surface area (Å²) in [6, 6.07) is 12.6. The van der Waals surface area contributed by atoms with Gasteiger partial charge in [-0.1, -0.05) is 35.3 Å². The van der Waals surface area contributed by atoms with Gasteiger partial charge in [0.2, 0.25) is 0 Å². The largest absolute Gasteiger partial charge is 0.496 e. The molecule has 5 heteroatoms. The molecule has 0 aliphatic heterocycles. The Hall–Kier alpha value is -2.15. The molecule has 0 amide bonds. The number of halogens is 2. The van der Waals surface area contributed by atoms with E-state index < -0.39 is 0 Å². The van der Waals surface area contributed by atoms with E-state index in [0.29, 0.717) is 32.7 Å². The van der Waals surface area contributed by atoms with Crippen LogP contribution in [0, 0.1) is 11.3 Å². The molecular formula is C17H13Cl2NO2. The van der Waals surface area contributed by atoms with Crippen LogP contribution in [-0.4, -0.2) is 14.2 Å². The molecule has 0 unspecified atom stereocenters. The van der Waals surface area contributed by atoms with Crippen LogP contribution in [0.25, 0.3) is 11.6 Å². The number of ether oxygens (including phenoxy) is 2. The van der Waals surface area contributed by atoms with E-state index in [4.69, 9.17) is 32.7 Å². The van der Waals surface area contributed by atoms with E-state index in [-0.39, 0.29) is 0 Å². The second-order valence-electron chi connectivity index (χ2n) is 4.41. The number of nitrogens with zero attached hydrogens (tertiary/aromatic N) is 1.